The summed E-state index contributed by atoms with van der Waals surface area (Å²) in [5.74, 6) is 0.641. The first kappa shape index (κ1) is 25.9. The topological polar surface area (TPSA) is 56.8 Å². The summed E-state index contributed by atoms with van der Waals surface area (Å²) in [6, 6.07) is 0.00286. The van der Waals surface area contributed by atoms with E-state index in [1.54, 1.807) is 0 Å². The zero-order chi connectivity index (χ0) is 17.2. The van der Waals surface area contributed by atoms with E-state index in [2.05, 4.69) is 34.3 Å². The molecule has 2 fully saturated rings. The number of hydrogen-bond acceptors (Lipinski definition) is 5. The average molecular weight is 413 g/mol. The summed E-state index contributed by atoms with van der Waals surface area (Å²) in [5, 5.41) is 6.58. The molecule has 1 unspecified atom stereocenters. The van der Waals surface area contributed by atoms with E-state index < -0.39 is 0 Å². The first-order valence-electron chi connectivity index (χ1n) is 9.78. The Morgan fingerprint density at radius 2 is 1.69 bits per heavy atom. The van der Waals surface area contributed by atoms with Crippen molar-refractivity contribution in [3.05, 3.63) is 0 Å². The molecule has 6 nitrogen and oxygen atoms in total. The van der Waals surface area contributed by atoms with E-state index in [1.165, 1.54) is 0 Å². The molecule has 0 aromatic heterocycles. The van der Waals surface area contributed by atoms with Crippen LogP contribution in [0.4, 0.5) is 0 Å². The van der Waals surface area contributed by atoms with Crippen LogP contribution in [0.2, 0.25) is 0 Å². The van der Waals surface area contributed by atoms with Crippen molar-refractivity contribution in [2.24, 2.45) is 5.92 Å². The SMILES string of the molecule is CCC(CC)C(C(=O)NCCCN1CCNCC1)N1CCOCC1.Cl.Cl. The lowest BCUT2D eigenvalue weighted by atomic mass is 9.91. The van der Waals surface area contributed by atoms with Gasteiger partial charge in [-0.1, -0.05) is 26.7 Å². The molecule has 2 aliphatic rings. The smallest absolute Gasteiger partial charge is 0.237 e. The molecule has 156 valence electrons. The van der Waals surface area contributed by atoms with Gasteiger partial charge in [-0.2, -0.15) is 0 Å². The monoisotopic (exact) mass is 412 g/mol. The summed E-state index contributed by atoms with van der Waals surface area (Å²) < 4.78 is 5.46. The molecule has 0 aromatic rings. The number of carbonyl (C=O) groups is 1. The van der Waals surface area contributed by atoms with Crippen molar-refractivity contribution in [3.8, 4) is 0 Å². The quantitative estimate of drug-likeness (QED) is 0.560. The summed E-state index contributed by atoms with van der Waals surface area (Å²) in [5.41, 5.74) is 0. The lowest BCUT2D eigenvalue weighted by molar-refractivity contribution is -0.130. The van der Waals surface area contributed by atoms with Crippen LogP contribution in [0.15, 0.2) is 0 Å². The molecule has 0 aliphatic carbocycles. The Morgan fingerprint density at radius 1 is 1.08 bits per heavy atom. The lowest BCUT2D eigenvalue weighted by Gasteiger charge is -2.37. The van der Waals surface area contributed by atoms with Gasteiger partial charge in [0, 0.05) is 45.8 Å². The van der Waals surface area contributed by atoms with E-state index >= 15 is 0 Å². The van der Waals surface area contributed by atoms with Crippen LogP contribution in [0.5, 0.6) is 0 Å². The Balaban J connectivity index is 0.00000312. The Kier molecular flexibility index (Phi) is 14.8. The Morgan fingerprint density at radius 3 is 2.27 bits per heavy atom. The van der Waals surface area contributed by atoms with Crippen LogP contribution in [0.25, 0.3) is 0 Å². The van der Waals surface area contributed by atoms with Gasteiger partial charge in [0.25, 0.3) is 0 Å². The fourth-order valence-electron chi connectivity index (χ4n) is 3.82. The molecule has 0 radical (unpaired) electrons. The standard InChI is InChI=1S/C18H36N4O2.2ClH/c1-3-16(4-2)17(22-12-14-24-15-13-22)18(23)20-6-5-9-21-10-7-19-8-11-21;;/h16-17,19H,3-15H2,1-2H3,(H,20,23);2*1H. The lowest BCUT2D eigenvalue weighted by Crippen LogP contribution is -2.54. The average Bonchev–Trinajstić information content (AvgIpc) is 2.64. The highest BCUT2D eigenvalue weighted by Gasteiger charge is 2.32. The number of halogens is 2. The first-order chi connectivity index (χ1) is 11.8. The van der Waals surface area contributed by atoms with E-state index in [1.807, 2.05) is 0 Å². The van der Waals surface area contributed by atoms with E-state index in [4.69, 9.17) is 4.74 Å². The van der Waals surface area contributed by atoms with Crippen LogP contribution in [0.1, 0.15) is 33.1 Å². The van der Waals surface area contributed by atoms with Gasteiger partial charge in [0.2, 0.25) is 5.91 Å². The molecule has 2 saturated heterocycles. The predicted octanol–water partition coefficient (Wildman–Crippen LogP) is 1.38. The third kappa shape index (κ3) is 8.28. The van der Waals surface area contributed by atoms with Crippen LogP contribution in [0, 0.1) is 5.92 Å². The minimum atomic E-state index is 0. The summed E-state index contributed by atoms with van der Waals surface area (Å²) in [6.45, 7) is 13.9. The summed E-state index contributed by atoms with van der Waals surface area (Å²) >= 11 is 0. The Labute approximate surface area is 171 Å². The van der Waals surface area contributed by atoms with Gasteiger partial charge in [-0.25, -0.2) is 0 Å². The molecule has 2 N–H and O–H groups in total. The van der Waals surface area contributed by atoms with Gasteiger partial charge in [0.1, 0.15) is 0 Å². The fourth-order valence-corrected chi connectivity index (χ4v) is 3.82. The highest BCUT2D eigenvalue weighted by Crippen LogP contribution is 2.20. The number of rotatable bonds is 9. The molecule has 1 amide bonds. The van der Waals surface area contributed by atoms with Crippen molar-refractivity contribution in [1.29, 1.82) is 0 Å². The summed E-state index contributed by atoms with van der Waals surface area (Å²) in [6.07, 6.45) is 3.13. The number of nitrogens with one attached hydrogen (secondary N) is 2. The van der Waals surface area contributed by atoms with Gasteiger partial charge in [-0.3, -0.25) is 9.69 Å². The van der Waals surface area contributed by atoms with E-state index in [0.29, 0.717) is 5.92 Å². The van der Waals surface area contributed by atoms with Gasteiger partial charge in [-0.05, 0) is 18.9 Å². The largest absolute Gasteiger partial charge is 0.379 e. The molecule has 0 spiro atoms. The second kappa shape index (κ2) is 14.9. The van der Waals surface area contributed by atoms with Crippen molar-refractivity contribution >= 4 is 30.7 Å². The van der Waals surface area contributed by atoms with Crippen LogP contribution >= 0.6 is 24.8 Å². The highest BCUT2D eigenvalue weighted by molar-refractivity contribution is 5.85. The van der Waals surface area contributed by atoms with Crippen LogP contribution in [0.3, 0.4) is 0 Å². The maximum absolute atomic E-state index is 12.8. The van der Waals surface area contributed by atoms with Gasteiger partial charge in [0.05, 0.1) is 19.3 Å². The molecule has 8 heteroatoms. The zero-order valence-electron chi connectivity index (χ0n) is 16.4. The van der Waals surface area contributed by atoms with Gasteiger partial charge in [0.15, 0.2) is 0 Å². The van der Waals surface area contributed by atoms with Crippen LogP contribution in [-0.4, -0.2) is 87.3 Å². The van der Waals surface area contributed by atoms with Crippen molar-refractivity contribution < 1.29 is 9.53 Å². The van der Waals surface area contributed by atoms with Crippen molar-refractivity contribution in [2.45, 2.75) is 39.2 Å². The molecule has 0 saturated carbocycles. The summed E-state index contributed by atoms with van der Waals surface area (Å²) in [4.78, 5) is 17.6. The number of morpholine rings is 1. The number of ether oxygens (including phenoxy) is 1. The Bertz CT molecular complexity index is 361. The van der Waals surface area contributed by atoms with E-state index in [0.717, 1.165) is 84.8 Å². The van der Waals surface area contributed by atoms with Crippen LogP contribution in [-0.2, 0) is 9.53 Å². The molecular formula is C18H38Cl2N4O2. The van der Waals surface area contributed by atoms with Crippen molar-refractivity contribution in [1.82, 2.24) is 20.4 Å². The van der Waals surface area contributed by atoms with Crippen molar-refractivity contribution in [2.75, 3.05) is 65.6 Å². The number of hydrogen-bond donors (Lipinski definition) is 2. The number of carbonyl (C=O) groups excluding carboxylic acids is 1. The Hall–Kier alpha value is -0.110. The van der Waals surface area contributed by atoms with Gasteiger partial charge >= 0.3 is 0 Å². The molecule has 1 atom stereocenters. The zero-order valence-corrected chi connectivity index (χ0v) is 18.0. The third-order valence-corrected chi connectivity index (χ3v) is 5.36. The molecule has 0 aromatic carbocycles. The van der Waals surface area contributed by atoms with E-state index in [9.17, 15) is 4.79 Å². The fraction of sp³-hybridized carbons (Fsp3) is 0.944. The highest BCUT2D eigenvalue weighted by atomic mass is 35.5. The minimum absolute atomic E-state index is 0. The number of nitrogens with zero attached hydrogens (tertiary/aromatic N) is 2. The third-order valence-electron chi connectivity index (χ3n) is 5.36. The number of piperazine rings is 1. The second-order valence-electron chi connectivity index (χ2n) is 6.91. The van der Waals surface area contributed by atoms with Gasteiger partial charge in [-0.15, -0.1) is 24.8 Å². The normalized spacial score (nSPS) is 20.1. The molecule has 2 aliphatic heterocycles. The van der Waals surface area contributed by atoms with Crippen LogP contribution < -0.4 is 10.6 Å². The maximum Gasteiger partial charge on any atom is 0.237 e. The summed E-state index contributed by atoms with van der Waals surface area (Å²) in [7, 11) is 0. The molecule has 0 bridgehead atoms. The molecular weight excluding hydrogens is 375 g/mol. The van der Waals surface area contributed by atoms with Gasteiger partial charge < -0.3 is 20.3 Å². The molecule has 26 heavy (non-hydrogen) atoms. The molecule has 2 heterocycles. The first-order valence-corrected chi connectivity index (χ1v) is 9.78. The molecule has 2 rings (SSSR count). The van der Waals surface area contributed by atoms with E-state index in [-0.39, 0.29) is 36.8 Å². The van der Waals surface area contributed by atoms with Crippen molar-refractivity contribution in [3.63, 3.8) is 0 Å². The predicted molar refractivity (Wildman–Crippen MR) is 112 cm³/mol. The second-order valence-corrected chi connectivity index (χ2v) is 6.91. The minimum Gasteiger partial charge on any atom is -0.379 e. The number of amides is 1. The maximum atomic E-state index is 12.8.